The van der Waals surface area contributed by atoms with Crippen molar-refractivity contribution in [3.8, 4) is 0 Å². The second-order valence-corrected chi connectivity index (χ2v) is 5.60. The summed E-state index contributed by atoms with van der Waals surface area (Å²) >= 11 is 0. The first-order chi connectivity index (χ1) is 6.00. The summed E-state index contributed by atoms with van der Waals surface area (Å²) in [7, 11) is 0. The molecule has 2 aliphatic carbocycles. The van der Waals surface area contributed by atoms with Crippen molar-refractivity contribution in [3.63, 3.8) is 0 Å². The van der Waals surface area contributed by atoms with Gasteiger partial charge in [0.2, 0.25) is 0 Å². The fraction of sp³-hybridized carbons (Fsp3) is 0.833. The molecule has 0 amide bonds. The molecule has 13 heavy (non-hydrogen) atoms. The van der Waals surface area contributed by atoms with Crippen LogP contribution in [0.5, 0.6) is 0 Å². The summed E-state index contributed by atoms with van der Waals surface area (Å²) in [4.78, 5) is 0. The molecule has 0 aromatic carbocycles. The average Bonchev–Trinajstić information content (AvgIpc) is 2.50. The Morgan fingerprint density at radius 1 is 1.38 bits per heavy atom. The van der Waals surface area contributed by atoms with Gasteiger partial charge in [-0.05, 0) is 25.2 Å². The Hall–Kier alpha value is -0.460. The van der Waals surface area contributed by atoms with Crippen molar-refractivity contribution in [3.05, 3.63) is 12.8 Å². The molecule has 2 aliphatic rings. The van der Waals surface area contributed by atoms with Crippen LogP contribution in [0.4, 0.5) is 0 Å². The number of hydrogen-bond donors (Lipinski definition) is 0. The third-order valence-electron chi connectivity index (χ3n) is 4.37. The molecule has 2 fully saturated rings. The first-order valence-corrected chi connectivity index (χ1v) is 5.27. The van der Waals surface area contributed by atoms with Crippen LogP contribution in [0.1, 0.15) is 40.0 Å². The first kappa shape index (κ1) is 9.11. The van der Waals surface area contributed by atoms with Gasteiger partial charge in [-0.1, -0.05) is 27.4 Å². The average molecular weight is 180 g/mol. The Bertz CT molecular complexity index is 227. The lowest BCUT2D eigenvalue weighted by molar-refractivity contribution is -0.0437. The monoisotopic (exact) mass is 180 g/mol. The number of fused-ring (bicyclic) bond motifs is 2. The molecule has 74 valence electrons. The van der Waals surface area contributed by atoms with E-state index in [2.05, 4.69) is 27.4 Å². The van der Waals surface area contributed by atoms with E-state index in [1.807, 2.05) is 0 Å². The van der Waals surface area contributed by atoms with Crippen molar-refractivity contribution >= 4 is 0 Å². The fourth-order valence-electron chi connectivity index (χ4n) is 3.69. The zero-order chi connectivity index (χ0) is 9.69. The second-order valence-electron chi connectivity index (χ2n) is 5.60. The molecule has 0 aromatic rings. The van der Waals surface area contributed by atoms with Crippen LogP contribution in [0.3, 0.4) is 0 Å². The van der Waals surface area contributed by atoms with Crippen molar-refractivity contribution in [1.29, 1.82) is 0 Å². The van der Waals surface area contributed by atoms with E-state index < -0.39 is 0 Å². The summed E-state index contributed by atoms with van der Waals surface area (Å²) < 4.78 is 5.72. The maximum atomic E-state index is 5.72. The quantitative estimate of drug-likeness (QED) is 0.592. The zero-order valence-electron chi connectivity index (χ0n) is 8.97. The van der Waals surface area contributed by atoms with Gasteiger partial charge in [0.25, 0.3) is 0 Å². The third-order valence-corrected chi connectivity index (χ3v) is 4.37. The van der Waals surface area contributed by atoms with Crippen LogP contribution >= 0.6 is 0 Å². The molecule has 0 heterocycles. The smallest absolute Gasteiger partial charge is 0.108 e. The third kappa shape index (κ3) is 1.06. The predicted molar refractivity (Wildman–Crippen MR) is 54.3 cm³/mol. The van der Waals surface area contributed by atoms with E-state index in [4.69, 9.17) is 4.74 Å². The molecule has 0 radical (unpaired) electrons. The van der Waals surface area contributed by atoms with Crippen molar-refractivity contribution in [2.45, 2.75) is 46.1 Å². The lowest BCUT2D eigenvalue weighted by Crippen LogP contribution is -2.41. The highest BCUT2D eigenvalue weighted by atomic mass is 16.5. The van der Waals surface area contributed by atoms with Crippen molar-refractivity contribution in [2.75, 3.05) is 0 Å². The van der Waals surface area contributed by atoms with E-state index in [1.165, 1.54) is 19.3 Å². The Morgan fingerprint density at radius 3 is 2.54 bits per heavy atom. The Balaban J connectivity index is 2.28. The minimum atomic E-state index is 0.348. The van der Waals surface area contributed by atoms with Gasteiger partial charge < -0.3 is 4.74 Å². The maximum absolute atomic E-state index is 5.72. The van der Waals surface area contributed by atoms with Crippen molar-refractivity contribution in [1.82, 2.24) is 0 Å². The second kappa shape index (κ2) is 2.52. The van der Waals surface area contributed by atoms with Crippen LogP contribution in [0.15, 0.2) is 12.8 Å². The maximum Gasteiger partial charge on any atom is 0.108 e. The predicted octanol–water partition coefficient (Wildman–Crippen LogP) is 3.36. The van der Waals surface area contributed by atoms with Gasteiger partial charge in [0.15, 0.2) is 0 Å². The summed E-state index contributed by atoms with van der Waals surface area (Å²) in [5.41, 5.74) is 0.767. The van der Waals surface area contributed by atoms with Crippen LogP contribution < -0.4 is 0 Å². The molecule has 0 aliphatic heterocycles. The number of ether oxygens (including phenoxy) is 1. The molecule has 0 aromatic heterocycles. The molecule has 3 atom stereocenters. The van der Waals surface area contributed by atoms with Gasteiger partial charge in [0.1, 0.15) is 6.10 Å². The molecule has 2 bridgehead atoms. The van der Waals surface area contributed by atoms with Gasteiger partial charge in [0.05, 0.1) is 6.26 Å². The fourth-order valence-corrected chi connectivity index (χ4v) is 3.69. The van der Waals surface area contributed by atoms with Gasteiger partial charge in [-0.2, -0.15) is 0 Å². The van der Waals surface area contributed by atoms with Gasteiger partial charge in [-0.25, -0.2) is 0 Å². The van der Waals surface area contributed by atoms with Crippen LogP contribution in [0.2, 0.25) is 0 Å². The van der Waals surface area contributed by atoms with E-state index in [0.717, 1.165) is 5.92 Å². The summed E-state index contributed by atoms with van der Waals surface area (Å²) in [6.07, 6.45) is 6.08. The van der Waals surface area contributed by atoms with E-state index in [1.54, 1.807) is 6.26 Å². The molecular weight excluding hydrogens is 160 g/mol. The van der Waals surface area contributed by atoms with Crippen molar-refractivity contribution in [2.24, 2.45) is 16.7 Å². The Labute approximate surface area is 81.2 Å². The molecule has 0 saturated heterocycles. The van der Waals surface area contributed by atoms with Gasteiger partial charge in [0, 0.05) is 10.8 Å². The first-order valence-electron chi connectivity index (χ1n) is 5.27. The largest absolute Gasteiger partial charge is 0.498 e. The van der Waals surface area contributed by atoms with E-state index in [0.29, 0.717) is 16.9 Å². The zero-order valence-corrected chi connectivity index (χ0v) is 8.97. The van der Waals surface area contributed by atoms with Gasteiger partial charge >= 0.3 is 0 Å². The molecule has 1 heteroatoms. The van der Waals surface area contributed by atoms with Crippen LogP contribution in [-0.4, -0.2) is 6.10 Å². The molecule has 0 unspecified atom stereocenters. The lowest BCUT2D eigenvalue weighted by atomic mass is 9.70. The highest BCUT2D eigenvalue weighted by molar-refractivity contribution is 5.09. The topological polar surface area (TPSA) is 9.23 Å². The van der Waals surface area contributed by atoms with Crippen LogP contribution in [0, 0.1) is 16.7 Å². The lowest BCUT2D eigenvalue weighted by Gasteiger charge is -2.41. The number of rotatable bonds is 2. The molecule has 0 spiro atoms. The standard InChI is InChI=1S/C12H20O/c1-5-13-10-11(2,3)9-6-7-12(10,4)8-9/h5,9-10H,1,6-8H2,2-4H3/t9-,10-,12+/m1/s1. The van der Waals surface area contributed by atoms with Crippen LogP contribution in [-0.2, 0) is 4.74 Å². The molecule has 2 saturated carbocycles. The highest BCUT2D eigenvalue weighted by Gasteiger charge is 2.60. The number of hydrogen-bond acceptors (Lipinski definition) is 1. The normalized spacial score (nSPS) is 46.4. The minimum absolute atomic E-state index is 0.348. The van der Waals surface area contributed by atoms with Gasteiger partial charge in [-0.3, -0.25) is 0 Å². The SMILES string of the molecule is C=CO[C@@H]1C(C)(C)[C@@H]2CC[C@@]1(C)C2. The highest BCUT2D eigenvalue weighted by Crippen LogP contribution is 2.63. The van der Waals surface area contributed by atoms with E-state index >= 15 is 0 Å². The Kier molecular flexibility index (Phi) is 1.77. The summed E-state index contributed by atoms with van der Waals surface area (Å²) in [5, 5.41) is 0. The van der Waals surface area contributed by atoms with E-state index in [-0.39, 0.29) is 0 Å². The minimum Gasteiger partial charge on any atom is -0.498 e. The van der Waals surface area contributed by atoms with Crippen molar-refractivity contribution < 1.29 is 4.74 Å². The van der Waals surface area contributed by atoms with Crippen LogP contribution in [0.25, 0.3) is 0 Å². The summed E-state index contributed by atoms with van der Waals surface area (Å²) in [6.45, 7) is 10.7. The van der Waals surface area contributed by atoms with E-state index in [9.17, 15) is 0 Å². The molecular formula is C12H20O. The summed E-state index contributed by atoms with van der Waals surface area (Å²) in [5.74, 6) is 0.863. The molecule has 1 nitrogen and oxygen atoms in total. The van der Waals surface area contributed by atoms with Gasteiger partial charge in [-0.15, -0.1) is 0 Å². The summed E-state index contributed by atoms with van der Waals surface area (Å²) in [6, 6.07) is 0. The molecule has 0 N–H and O–H groups in total. The Morgan fingerprint density at radius 2 is 2.08 bits per heavy atom. The molecule has 2 rings (SSSR count).